The summed E-state index contributed by atoms with van der Waals surface area (Å²) in [6.07, 6.45) is 3.25. The highest BCUT2D eigenvalue weighted by atomic mass is 32.2. The van der Waals surface area contributed by atoms with Crippen LogP contribution in [-0.2, 0) is 22.9 Å². The fourth-order valence-electron chi connectivity index (χ4n) is 3.77. The molecular weight excluding hydrogens is 350 g/mol. The highest BCUT2D eigenvalue weighted by molar-refractivity contribution is 7.89. The molecule has 0 saturated heterocycles. The fraction of sp³-hybridized carbons (Fsp3) is 0.316. The highest BCUT2D eigenvalue weighted by Gasteiger charge is 2.27. The van der Waals surface area contributed by atoms with Gasteiger partial charge in [0.05, 0.1) is 4.90 Å². The van der Waals surface area contributed by atoms with Crippen molar-refractivity contribution < 1.29 is 13.2 Å². The molecule has 0 bridgehead atoms. The minimum atomic E-state index is -3.73. The van der Waals surface area contributed by atoms with E-state index in [9.17, 15) is 13.2 Å². The predicted octanol–water partition coefficient (Wildman–Crippen LogP) is 1.91. The number of hydrogen-bond acceptors (Lipinski definition) is 4. The van der Waals surface area contributed by atoms with Crippen molar-refractivity contribution in [2.75, 3.05) is 12.3 Å². The Morgan fingerprint density at radius 1 is 1.08 bits per heavy atom. The lowest BCUT2D eigenvalue weighted by Gasteiger charge is -2.26. The third-order valence-electron chi connectivity index (χ3n) is 5.09. The number of fused-ring (bicyclic) bond motifs is 2. The molecular formula is C19H21N3O3S. The number of anilines is 1. The summed E-state index contributed by atoms with van der Waals surface area (Å²) < 4.78 is 28.6. The summed E-state index contributed by atoms with van der Waals surface area (Å²) in [7, 11) is -3.73. The van der Waals surface area contributed by atoms with Crippen LogP contribution in [0.3, 0.4) is 0 Å². The molecule has 1 atom stereocenters. The Morgan fingerprint density at radius 3 is 2.77 bits per heavy atom. The third-order valence-corrected chi connectivity index (χ3v) is 6.56. The molecule has 4 rings (SSSR count). The number of nitrogens with two attached hydrogens (primary N) is 1. The van der Waals surface area contributed by atoms with E-state index in [2.05, 4.69) is 10.0 Å². The number of nitrogens with one attached hydrogen (secondary N) is 2. The number of nitrogen functional groups attached to an aromatic ring is 1. The van der Waals surface area contributed by atoms with E-state index >= 15 is 0 Å². The van der Waals surface area contributed by atoms with Gasteiger partial charge in [-0.05, 0) is 66.6 Å². The molecule has 0 radical (unpaired) electrons. The lowest BCUT2D eigenvalue weighted by Crippen LogP contribution is -2.33. The number of amides is 1. The number of benzene rings is 2. The lowest BCUT2D eigenvalue weighted by atomic mass is 9.88. The normalized spacial score (nSPS) is 19.4. The summed E-state index contributed by atoms with van der Waals surface area (Å²) in [6.45, 7) is 0.582. The van der Waals surface area contributed by atoms with E-state index < -0.39 is 10.0 Å². The van der Waals surface area contributed by atoms with Crippen molar-refractivity contribution in [2.24, 2.45) is 0 Å². The van der Waals surface area contributed by atoms with Gasteiger partial charge in [0.1, 0.15) is 0 Å². The maximum absolute atomic E-state index is 12.9. The molecule has 0 aromatic heterocycles. The molecule has 1 aliphatic heterocycles. The summed E-state index contributed by atoms with van der Waals surface area (Å²) in [5.74, 6) is -0.221. The van der Waals surface area contributed by atoms with Crippen LogP contribution in [0.15, 0.2) is 41.3 Å². The van der Waals surface area contributed by atoms with Crippen molar-refractivity contribution >= 4 is 21.6 Å². The predicted molar refractivity (Wildman–Crippen MR) is 99.3 cm³/mol. The van der Waals surface area contributed by atoms with Gasteiger partial charge in [0.15, 0.2) is 0 Å². The van der Waals surface area contributed by atoms with Crippen LogP contribution in [0.25, 0.3) is 0 Å². The van der Waals surface area contributed by atoms with Gasteiger partial charge in [-0.1, -0.05) is 12.1 Å². The second-order valence-electron chi connectivity index (χ2n) is 6.85. The van der Waals surface area contributed by atoms with E-state index in [1.54, 1.807) is 18.2 Å². The minimum Gasteiger partial charge on any atom is -0.399 e. The quantitative estimate of drug-likeness (QED) is 0.717. The zero-order chi connectivity index (χ0) is 18.3. The second kappa shape index (κ2) is 6.41. The first-order chi connectivity index (χ1) is 12.4. The van der Waals surface area contributed by atoms with Gasteiger partial charge in [-0.3, -0.25) is 4.79 Å². The third kappa shape index (κ3) is 3.08. The van der Waals surface area contributed by atoms with Crippen molar-refractivity contribution in [1.29, 1.82) is 0 Å². The van der Waals surface area contributed by atoms with Crippen LogP contribution in [0.2, 0.25) is 0 Å². The molecule has 0 fully saturated rings. The molecule has 1 aliphatic carbocycles. The Bertz CT molecular complexity index is 986. The van der Waals surface area contributed by atoms with Crippen molar-refractivity contribution in [1.82, 2.24) is 10.0 Å². The molecule has 2 aromatic carbocycles. The van der Waals surface area contributed by atoms with Gasteiger partial charge in [-0.15, -0.1) is 0 Å². The van der Waals surface area contributed by atoms with Gasteiger partial charge in [0, 0.05) is 23.8 Å². The molecule has 7 heteroatoms. The van der Waals surface area contributed by atoms with Crippen LogP contribution in [0.4, 0.5) is 5.69 Å². The first-order valence-corrected chi connectivity index (χ1v) is 10.2. The second-order valence-corrected chi connectivity index (χ2v) is 8.56. The number of carbonyl (C=O) groups is 1. The zero-order valence-corrected chi connectivity index (χ0v) is 15.1. The van der Waals surface area contributed by atoms with Crippen molar-refractivity contribution in [2.45, 2.75) is 36.6 Å². The number of rotatable bonds is 3. The smallest absolute Gasteiger partial charge is 0.251 e. The Hall–Kier alpha value is -2.38. The first kappa shape index (κ1) is 17.1. The van der Waals surface area contributed by atoms with E-state index in [4.69, 9.17) is 5.73 Å². The summed E-state index contributed by atoms with van der Waals surface area (Å²) in [6, 6.07) is 10.1. The molecule has 1 unspecified atom stereocenters. The van der Waals surface area contributed by atoms with Crippen molar-refractivity contribution in [3.05, 3.63) is 58.7 Å². The van der Waals surface area contributed by atoms with Gasteiger partial charge in [-0.2, -0.15) is 0 Å². The monoisotopic (exact) mass is 371 g/mol. The van der Waals surface area contributed by atoms with Gasteiger partial charge in [-0.25, -0.2) is 13.1 Å². The lowest BCUT2D eigenvalue weighted by molar-refractivity contribution is 0.0945. The van der Waals surface area contributed by atoms with Crippen LogP contribution in [-0.4, -0.2) is 20.9 Å². The van der Waals surface area contributed by atoms with E-state index in [1.807, 2.05) is 12.1 Å². The Kier molecular flexibility index (Phi) is 4.20. The van der Waals surface area contributed by atoms with Gasteiger partial charge in [0.25, 0.3) is 5.91 Å². The number of sulfonamides is 1. The van der Waals surface area contributed by atoms with E-state index in [0.29, 0.717) is 24.2 Å². The molecule has 2 aromatic rings. The molecule has 2 aliphatic rings. The molecule has 0 saturated carbocycles. The van der Waals surface area contributed by atoms with Crippen LogP contribution < -0.4 is 15.8 Å². The molecule has 6 nitrogen and oxygen atoms in total. The summed E-state index contributed by atoms with van der Waals surface area (Å²) in [5, 5.41) is 2.75. The minimum absolute atomic E-state index is 0.121. The summed E-state index contributed by atoms with van der Waals surface area (Å²) >= 11 is 0. The summed E-state index contributed by atoms with van der Waals surface area (Å²) in [4.78, 5) is 12.1. The highest BCUT2D eigenvalue weighted by Crippen LogP contribution is 2.32. The number of hydrogen-bond donors (Lipinski definition) is 3. The summed E-state index contributed by atoms with van der Waals surface area (Å²) in [5.41, 5.74) is 9.92. The zero-order valence-electron chi connectivity index (χ0n) is 14.3. The fourth-order valence-corrected chi connectivity index (χ4v) is 5.05. The van der Waals surface area contributed by atoms with Gasteiger partial charge >= 0.3 is 0 Å². The first-order valence-electron chi connectivity index (χ1n) is 8.76. The largest absolute Gasteiger partial charge is 0.399 e. The van der Waals surface area contributed by atoms with E-state index in [1.165, 1.54) is 6.07 Å². The topological polar surface area (TPSA) is 101 Å². The number of aryl methyl sites for hydroxylation is 1. The number of carbonyl (C=O) groups excluding carboxylic acids is 1. The van der Waals surface area contributed by atoms with Gasteiger partial charge < -0.3 is 11.1 Å². The molecule has 136 valence electrons. The van der Waals surface area contributed by atoms with Crippen molar-refractivity contribution in [3.63, 3.8) is 0 Å². The maximum atomic E-state index is 12.9. The van der Waals surface area contributed by atoms with Crippen LogP contribution >= 0.6 is 0 Å². The average Bonchev–Trinajstić information content (AvgIpc) is 2.61. The Balaban J connectivity index is 1.65. The van der Waals surface area contributed by atoms with Crippen LogP contribution in [0, 0.1) is 0 Å². The molecule has 0 spiro atoms. The maximum Gasteiger partial charge on any atom is 0.251 e. The van der Waals surface area contributed by atoms with E-state index in [0.717, 1.165) is 36.0 Å². The molecule has 1 heterocycles. The average molecular weight is 371 g/mol. The Labute approximate surface area is 152 Å². The molecule has 1 amide bonds. The van der Waals surface area contributed by atoms with Crippen molar-refractivity contribution in [3.8, 4) is 0 Å². The molecule has 4 N–H and O–H groups in total. The SMILES string of the molecule is Nc1ccc2c(c1)CCCC2NS(=O)(=O)c1ccc2c(c1)C(=O)NCC2. The van der Waals surface area contributed by atoms with Gasteiger partial charge in [0.2, 0.25) is 10.0 Å². The van der Waals surface area contributed by atoms with Crippen LogP contribution in [0.5, 0.6) is 0 Å². The standard InChI is InChI=1S/C19H21N3O3S/c20-14-5-7-16-13(10-14)2-1-3-18(16)22-26(24,25)15-6-4-12-8-9-21-19(23)17(12)11-15/h4-7,10-11,18,22H,1-3,8-9,20H2,(H,21,23). The molecule has 26 heavy (non-hydrogen) atoms. The van der Waals surface area contributed by atoms with Crippen LogP contribution in [0.1, 0.15) is 45.9 Å². The van der Waals surface area contributed by atoms with E-state index in [-0.39, 0.29) is 16.8 Å². The Morgan fingerprint density at radius 2 is 1.92 bits per heavy atom.